The van der Waals surface area contributed by atoms with Gasteiger partial charge in [-0.05, 0) is 13.3 Å². The molecule has 0 spiro atoms. The van der Waals surface area contributed by atoms with E-state index in [0.717, 1.165) is 0 Å². The molecule has 2 rings (SSSR count). The van der Waals surface area contributed by atoms with Crippen LogP contribution in [0.5, 0.6) is 0 Å². The van der Waals surface area contributed by atoms with Gasteiger partial charge in [0.25, 0.3) is 0 Å². The number of ether oxygens (including phenoxy) is 2. The van der Waals surface area contributed by atoms with E-state index in [0.29, 0.717) is 6.42 Å². The zero-order valence-corrected chi connectivity index (χ0v) is 20.0. The summed E-state index contributed by atoms with van der Waals surface area (Å²) in [6.45, 7) is 1.83. The van der Waals surface area contributed by atoms with E-state index in [9.17, 15) is 34.8 Å². The van der Waals surface area contributed by atoms with Crippen LogP contribution in [0.3, 0.4) is 0 Å². The third-order valence-electron chi connectivity index (χ3n) is 5.52. The summed E-state index contributed by atoms with van der Waals surface area (Å²) >= 11 is 0. The van der Waals surface area contributed by atoms with E-state index >= 15 is 0 Å². The molecule has 0 aromatic rings. The number of cyclic esters (lactones) is 2. The van der Waals surface area contributed by atoms with Gasteiger partial charge in [0, 0.05) is 0 Å². The van der Waals surface area contributed by atoms with Gasteiger partial charge in [-0.1, -0.05) is 6.92 Å². The second-order valence-electron chi connectivity index (χ2n) is 8.25. The standard InChI is InChI=1S/2C7H12O5.C6H12O7/c1-3-5(9)6(10)4(2-8)12-7(3)11;1-2-3(8)6-4(9)5(10)7(11)12-6;7-1-2(8)3(9)4(10)5(11)6(12)13/h2*3-6,8-10H,2H2,1H3;2-5,7-11H,1H2,(H,12,13)/t2*3-,4-,5-,6-;2-,3-,4+,5-/m111/s1. The molecule has 0 saturated carbocycles. The van der Waals surface area contributed by atoms with Crippen LogP contribution >= 0.6 is 0 Å². The summed E-state index contributed by atoms with van der Waals surface area (Å²) in [5.41, 5.74) is 0. The zero-order chi connectivity index (χ0) is 29.2. The number of rotatable bonds is 8. The molecule has 0 aromatic carbocycles. The Hall–Kier alpha value is -2.03. The largest absolute Gasteiger partial charge is 0.479 e. The van der Waals surface area contributed by atoms with Crippen molar-refractivity contribution >= 4 is 17.9 Å². The van der Waals surface area contributed by atoms with Crippen molar-refractivity contribution in [2.45, 2.75) is 87.4 Å². The molecule has 37 heavy (non-hydrogen) atoms. The smallest absolute Gasteiger partial charge is 0.338 e. The Morgan fingerprint density at radius 3 is 1.78 bits per heavy atom. The quantitative estimate of drug-likeness (QED) is 0.125. The SMILES string of the molecule is CC[C@@H](O)[C@H]1OC(=O)[C@H](O)[C@H]1O.C[C@H]1C(=O)O[C@H](CO)[C@@H](O)[C@@H]1O.O=C(O)[C@H](O)[C@@H](O)[C@H](O)[C@H](O)CO. The molecule has 2 saturated heterocycles. The summed E-state index contributed by atoms with van der Waals surface area (Å²) in [7, 11) is 0. The van der Waals surface area contributed by atoms with Crippen molar-refractivity contribution in [2.75, 3.05) is 13.2 Å². The Bertz CT molecular complexity index is 717. The molecule has 0 aliphatic carbocycles. The highest BCUT2D eigenvalue weighted by Gasteiger charge is 2.45. The maximum Gasteiger partial charge on any atom is 0.338 e. The van der Waals surface area contributed by atoms with Crippen LogP contribution in [-0.4, -0.2) is 160 Å². The highest BCUT2D eigenvalue weighted by molar-refractivity contribution is 5.77. The summed E-state index contributed by atoms with van der Waals surface area (Å²) < 4.78 is 9.18. The Kier molecular flexibility index (Phi) is 15.2. The minimum Gasteiger partial charge on any atom is -0.479 e. The first-order valence-corrected chi connectivity index (χ1v) is 11.0. The van der Waals surface area contributed by atoms with Gasteiger partial charge in [-0.3, -0.25) is 4.79 Å². The van der Waals surface area contributed by atoms with Crippen molar-refractivity contribution in [3.8, 4) is 0 Å². The topological polar surface area (TPSA) is 312 Å². The minimum atomic E-state index is -2.20. The second kappa shape index (κ2) is 16.0. The van der Waals surface area contributed by atoms with Crippen LogP contribution in [-0.2, 0) is 23.9 Å². The molecule has 2 heterocycles. The average molecular weight is 548 g/mol. The van der Waals surface area contributed by atoms with Gasteiger partial charge in [0.2, 0.25) is 0 Å². The van der Waals surface area contributed by atoms with Crippen LogP contribution in [0.1, 0.15) is 20.3 Å². The lowest BCUT2D eigenvalue weighted by Gasteiger charge is -2.33. The lowest BCUT2D eigenvalue weighted by Crippen LogP contribution is -2.52. The first-order chi connectivity index (χ1) is 17.1. The van der Waals surface area contributed by atoms with Crippen molar-refractivity contribution in [3.05, 3.63) is 0 Å². The molecular formula is C20H36O17. The van der Waals surface area contributed by atoms with E-state index in [1.54, 1.807) is 6.92 Å². The van der Waals surface area contributed by atoms with E-state index in [4.69, 9.17) is 40.9 Å². The van der Waals surface area contributed by atoms with Crippen molar-refractivity contribution in [3.63, 3.8) is 0 Å². The molecule has 0 aromatic heterocycles. The lowest BCUT2D eigenvalue weighted by atomic mass is 9.93. The number of hydrogen-bond acceptors (Lipinski definition) is 16. The van der Waals surface area contributed by atoms with E-state index in [1.165, 1.54) is 6.92 Å². The molecule has 218 valence electrons. The van der Waals surface area contributed by atoms with Gasteiger partial charge in [-0.25, -0.2) is 9.59 Å². The number of carboxylic acid groups (broad SMARTS) is 1. The van der Waals surface area contributed by atoms with Gasteiger partial charge in [-0.15, -0.1) is 0 Å². The van der Waals surface area contributed by atoms with Crippen molar-refractivity contribution < 1.29 is 85.1 Å². The molecule has 0 unspecified atom stereocenters. The van der Waals surface area contributed by atoms with Gasteiger partial charge < -0.3 is 70.8 Å². The van der Waals surface area contributed by atoms with Crippen LogP contribution in [0.15, 0.2) is 0 Å². The summed E-state index contributed by atoms with van der Waals surface area (Å²) in [5.74, 6) is -3.92. The fraction of sp³-hybridized carbons (Fsp3) is 0.850. The highest BCUT2D eigenvalue weighted by Crippen LogP contribution is 2.21. The Labute approximate surface area is 210 Å². The third-order valence-corrected chi connectivity index (χ3v) is 5.52. The van der Waals surface area contributed by atoms with Crippen molar-refractivity contribution in [1.29, 1.82) is 0 Å². The van der Waals surface area contributed by atoms with Gasteiger partial charge in [0.1, 0.15) is 30.5 Å². The molecule has 12 N–H and O–H groups in total. The summed E-state index contributed by atoms with van der Waals surface area (Å²) in [6.07, 6.45) is -15.5. The lowest BCUT2D eigenvalue weighted by molar-refractivity contribution is -0.194. The number of aliphatic hydroxyl groups excluding tert-OH is 11. The molecule has 17 heteroatoms. The number of carbonyl (C=O) groups is 3. The number of aliphatic carboxylic acids is 1. The molecule has 0 amide bonds. The Morgan fingerprint density at radius 2 is 1.41 bits per heavy atom. The van der Waals surface area contributed by atoms with Crippen LogP contribution in [0.4, 0.5) is 0 Å². The number of aliphatic hydroxyl groups is 11. The molecule has 2 aliphatic rings. The fourth-order valence-electron chi connectivity index (χ4n) is 2.93. The number of esters is 2. The van der Waals surface area contributed by atoms with Gasteiger partial charge in [0.05, 0.1) is 31.3 Å². The maximum absolute atomic E-state index is 10.9. The van der Waals surface area contributed by atoms with Crippen molar-refractivity contribution in [2.24, 2.45) is 5.92 Å². The molecule has 12 atom stereocenters. The van der Waals surface area contributed by atoms with Crippen LogP contribution < -0.4 is 0 Å². The predicted molar refractivity (Wildman–Crippen MR) is 115 cm³/mol. The highest BCUT2D eigenvalue weighted by atomic mass is 16.6. The number of carboxylic acids is 1. The van der Waals surface area contributed by atoms with E-state index in [-0.39, 0.29) is 0 Å². The van der Waals surface area contributed by atoms with E-state index in [1.807, 2.05) is 0 Å². The molecule has 2 aliphatic heterocycles. The molecule has 2 fully saturated rings. The Balaban J connectivity index is 0.000000526. The predicted octanol–water partition coefficient (Wildman–Crippen LogP) is -6.83. The zero-order valence-electron chi connectivity index (χ0n) is 20.0. The van der Waals surface area contributed by atoms with E-state index < -0.39 is 104 Å². The molecular weight excluding hydrogens is 512 g/mol. The molecule has 0 bridgehead atoms. The second-order valence-corrected chi connectivity index (χ2v) is 8.25. The maximum atomic E-state index is 10.9. The number of hydrogen-bond donors (Lipinski definition) is 12. The number of carbonyl (C=O) groups excluding carboxylic acids is 2. The van der Waals surface area contributed by atoms with Crippen molar-refractivity contribution in [1.82, 2.24) is 0 Å². The molecule has 17 nitrogen and oxygen atoms in total. The van der Waals surface area contributed by atoms with E-state index in [2.05, 4.69) is 9.47 Å². The summed E-state index contributed by atoms with van der Waals surface area (Å²) in [4.78, 5) is 31.7. The van der Waals surface area contributed by atoms with Crippen LogP contribution in [0.25, 0.3) is 0 Å². The average Bonchev–Trinajstić information content (AvgIpc) is 3.14. The Morgan fingerprint density at radius 1 is 0.865 bits per heavy atom. The van der Waals surface area contributed by atoms with Crippen LogP contribution in [0.2, 0.25) is 0 Å². The third kappa shape index (κ3) is 9.65. The van der Waals surface area contributed by atoms with Gasteiger partial charge in [0.15, 0.2) is 24.4 Å². The molecule has 0 radical (unpaired) electrons. The normalized spacial score (nSPS) is 33.3. The van der Waals surface area contributed by atoms with Crippen LogP contribution in [0, 0.1) is 5.92 Å². The van der Waals surface area contributed by atoms with Gasteiger partial charge >= 0.3 is 17.9 Å². The first kappa shape index (κ1) is 35.0. The first-order valence-electron chi connectivity index (χ1n) is 11.0. The minimum absolute atomic E-state index is 0.363. The monoisotopic (exact) mass is 548 g/mol. The fourth-order valence-corrected chi connectivity index (χ4v) is 2.93. The summed E-state index contributed by atoms with van der Waals surface area (Å²) in [6, 6.07) is 0. The summed E-state index contributed by atoms with van der Waals surface area (Å²) in [5, 5.41) is 106. The van der Waals surface area contributed by atoms with Gasteiger partial charge in [-0.2, -0.15) is 0 Å².